The fourth-order valence-electron chi connectivity index (χ4n) is 2.75. The second-order valence-electron chi connectivity index (χ2n) is 7.79. The number of nitrogens with one attached hydrogen (secondary N) is 2. The van der Waals surface area contributed by atoms with Crippen LogP contribution >= 0.6 is 0 Å². The molecule has 2 atom stereocenters. The number of carbonyl (C=O) groups is 1. The molecule has 0 aliphatic carbocycles. The van der Waals surface area contributed by atoms with E-state index in [4.69, 9.17) is 4.74 Å². The van der Waals surface area contributed by atoms with Crippen molar-refractivity contribution in [1.82, 2.24) is 20.4 Å². The Labute approximate surface area is 153 Å². The first kappa shape index (κ1) is 21.5. The van der Waals surface area contributed by atoms with Crippen molar-refractivity contribution in [3.8, 4) is 0 Å². The number of likely N-dealkylation sites (N-methyl/N-ethyl adjacent to an activating group) is 1. The number of nitrogens with zero attached hydrogens (tertiary/aromatic N) is 3. The van der Waals surface area contributed by atoms with Crippen molar-refractivity contribution in [2.24, 2.45) is 4.99 Å². The summed E-state index contributed by atoms with van der Waals surface area (Å²) < 4.78 is 5.33. The molecule has 146 valence electrons. The third kappa shape index (κ3) is 7.94. The molecule has 2 unspecified atom stereocenters. The molecule has 0 aromatic carbocycles. The summed E-state index contributed by atoms with van der Waals surface area (Å²) in [5.74, 6) is 0.894. The van der Waals surface area contributed by atoms with Gasteiger partial charge in [-0.25, -0.2) is 4.79 Å². The number of hydrogen-bond acceptors (Lipinski definition) is 4. The summed E-state index contributed by atoms with van der Waals surface area (Å²) in [6.07, 6.45) is 1.69. The Balaban J connectivity index is 2.38. The molecule has 7 heteroatoms. The number of amides is 1. The highest BCUT2D eigenvalue weighted by Crippen LogP contribution is 2.12. The van der Waals surface area contributed by atoms with Crippen molar-refractivity contribution in [1.29, 1.82) is 0 Å². The van der Waals surface area contributed by atoms with E-state index in [1.54, 1.807) is 7.05 Å². The van der Waals surface area contributed by atoms with E-state index in [1.165, 1.54) is 0 Å². The van der Waals surface area contributed by atoms with E-state index in [1.807, 2.05) is 20.8 Å². The van der Waals surface area contributed by atoms with Gasteiger partial charge in [-0.3, -0.25) is 4.99 Å². The molecule has 1 rings (SSSR count). The van der Waals surface area contributed by atoms with E-state index >= 15 is 0 Å². The van der Waals surface area contributed by atoms with Gasteiger partial charge >= 0.3 is 6.09 Å². The first-order valence-electron chi connectivity index (χ1n) is 9.31. The van der Waals surface area contributed by atoms with Gasteiger partial charge in [0.25, 0.3) is 0 Å². The van der Waals surface area contributed by atoms with Crippen LogP contribution < -0.4 is 10.6 Å². The smallest absolute Gasteiger partial charge is 0.407 e. The van der Waals surface area contributed by atoms with Gasteiger partial charge in [0.05, 0.1) is 6.04 Å². The third-order valence-electron chi connectivity index (χ3n) is 4.51. The molecule has 0 spiro atoms. The van der Waals surface area contributed by atoms with Crippen LogP contribution in [0.25, 0.3) is 0 Å². The van der Waals surface area contributed by atoms with Crippen LogP contribution in [0.2, 0.25) is 0 Å². The minimum absolute atomic E-state index is 0.0937. The van der Waals surface area contributed by atoms with Gasteiger partial charge in [0.1, 0.15) is 5.60 Å². The Hall–Kier alpha value is -1.50. The fraction of sp³-hybridized carbons (Fsp3) is 0.889. The zero-order chi connectivity index (χ0) is 19.0. The van der Waals surface area contributed by atoms with E-state index < -0.39 is 5.60 Å². The monoisotopic (exact) mass is 355 g/mol. The highest BCUT2D eigenvalue weighted by Gasteiger charge is 2.27. The maximum absolute atomic E-state index is 11.9. The maximum Gasteiger partial charge on any atom is 0.407 e. The zero-order valence-corrected chi connectivity index (χ0v) is 17.1. The molecule has 25 heavy (non-hydrogen) atoms. The molecule has 1 heterocycles. The number of alkyl carbamates (subject to hydrolysis) is 1. The summed E-state index contributed by atoms with van der Waals surface area (Å²) in [7, 11) is 3.95. The molecular weight excluding hydrogens is 318 g/mol. The van der Waals surface area contributed by atoms with Crippen molar-refractivity contribution >= 4 is 12.1 Å². The van der Waals surface area contributed by atoms with Gasteiger partial charge in [0.15, 0.2) is 5.96 Å². The highest BCUT2D eigenvalue weighted by molar-refractivity contribution is 5.80. The van der Waals surface area contributed by atoms with E-state index in [9.17, 15) is 4.79 Å². The zero-order valence-electron chi connectivity index (χ0n) is 17.1. The first-order chi connectivity index (χ1) is 11.7. The summed E-state index contributed by atoms with van der Waals surface area (Å²) in [6.45, 7) is 13.5. The van der Waals surface area contributed by atoms with Gasteiger partial charge in [0, 0.05) is 39.3 Å². The second kappa shape index (κ2) is 9.85. The predicted octanol–water partition coefficient (Wildman–Crippen LogP) is 1.89. The number of carbonyl (C=O) groups excluding carboxylic acids is 1. The lowest BCUT2D eigenvalue weighted by molar-refractivity contribution is 0.0507. The van der Waals surface area contributed by atoms with Crippen LogP contribution in [0, 0.1) is 0 Å². The lowest BCUT2D eigenvalue weighted by atomic mass is 10.2. The molecular formula is C18H37N5O2. The Bertz CT molecular complexity index is 447. The number of rotatable bonds is 6. The number of hydrogen-bond donors (Lipinski definition) is 2. The van der Waals surface area contributed by atoms with E-state index in [0.717, 1.165) is 45.0 Å². The predicted molar refractivity (Wildman–Crippen MR) is 103 cm³/mol. The van der Waals surface area contributed by atoms with Crippen LogP contribution in [0.5, 0.6) is 0 Å². The Morgan fingerprint density at radius 3 is 2.68 bits per heavy atom. The minimum Gasteiger partial charge on any atom is -0.444 e. The molecule has 7 nitrogen and oxygen atoms in total. The average molecular weight is 356 g/mol. The number of aliphatic imine (C=N–C) groups is 1. The van der Waals surface area contributed by atoms with Crippen molar-refractivity contribution in [2.45, 2.75) is 65.1 Å². The summed E-state index contributed by atoms with van der Waals surface area (Å²) in [4.78, 5) is 20.8. The molecule has 1 aliphatic heterocycles. The van der Waals surface area contributed by atoms with Crippen molar-refractivity contribution < 1.29 is 9.53 Å². The Morgan fingerprint density at radius 2 is 2.12 bits per heavy atom. The molecule has 1 saturated heterocycles. The standard InChI is InChI=1S/C18H37N5O2/c1-8-14(2)22(7)12-10-20-16(19-6)23-11-9-15(13-23)21-17(24)25-18(3,4)5/h14-15H,8-13H2,1-7H3,(H,19,20)(H,21,24). The van der Waals surface area contributed by atoms with Crippen molar-refractivity contribution in [3.05, 3.63) is 0 Å². The van der Waals surface area contributed by atoms with E-state index in [-0.39, 0.29) is 12.1 Å². The lowest BCUT2D eigenvalue weighted by Crippen LogP contribution is -2.46. The van der Waals surface area contributed by atoms with Gasteiger partial charge in [-0.05, 0) is 47.6 Å². The van der Waals surface area contributed by atoms with E-state index in [0.29, 0.717) is 6.04 Å². The summed E-state index contributed by atoms with van der Waals surface area (Å²) in [6, 6.07) is 0.675. The largest absolute Gasteiger partial charge is 0.444 e. The van der Waals surface area contributed by atoms with E-state index in [2.05, 4.69) is 46.3 Å². The summed E-state index contributed by atoms with van der Waals surface area (Å²) in [5.41, 5.74) is -0.471. The average Bonchev–Trinajstić information content (AvgIpc) is 2.96. The van der Waals surface area contributed by atoms with Crippen molar-refractivity contribution in [2.75, 3.05) is 40.3 Å². The summed E-state index contributed by atoms with van der Waals surface area (Å²) in [5, 5.41) is 6.37. The topological polar surface area (TPSA) is 69.2 Å². The highest BCUT2D eigenvalue weighted by atomic mass is 16.6. The SMILES string of the molecule is CCC(C)N(C)CCNC(=NC)N1CCC(NC(=O)OC(C)(C)C)C1. The number of guanidine groups is 1. The number of likely N-dealkylation sites (tertiary alicyclic amines) is 1. The van der Waals surface area contributed by atoms with Crippen LogP contribution in [0.3, 0.4) is 0 Å². The van der Waals surface area contributed by atoms with Crippen molar-refractivity contribution in [3.63, 3.8) is 0 Å². The second-order valence-corrected chi connectivity index (χ2v) is 7.79. The molecule has 1 aliphatic rings. The molecule has 1 fully saturated rings. The lowest BCUT2D eigenvalue weighted by Gasteiger charge is -2.26. The minimum atomic E-state index is -0.471. The molecule has 0 aromatic heterocycles. The molecule has 0 aromatic rings. The normalized spacial score (nSPS) is 19.9. The van der Waals surface area contributed by atoms with Gasteiger partial charge in [-0.2, -0.15) is 0 Å². The molecule has 0 radical (unpaired) electrons. The maximum atomic E-state index is 11.9. The molecule has 0 saturated carbocycles. The number of ether oxygens (including phenoxy) is 1. The molecule has 1 amide bonds. The van der Waals surface area contributed by atoms with Crippen LogP contribution in [0.4, 0.5) is 4.79 Å². The first-order valence-corrected chi connectivity index (χ1v) is 9.31. The third-order valence-corrected chi connectivity index (χ3v) is 4.51. The quantitative estimate of drug-likeness (QED) is 0.562. The van der Waals surface area contributed by atoms with Crippen LogP contribution in [0.1, 0.15) is 47.5 Å². The Morgan fingerprint density at radius 1 is 1.44 bits per heavy atom. The summed E-state index contributed by atoms with van der Waals surface area (Å²) >= 11 is 0. The van der Waals surface area contributed by atoms with Gasteiger partial charge in [-0.1, -0.05) is 6.92 Å². The molecule has 2 N–H and O–H groups in total. The van der Waals surface area contributed by atoms with Crippen LogP contribution in [-0.2, 0) is 4.74 Å². The van der Waals surface area contributed by atoms with Crippen LogP contribution in [-0.4, -0.2) is 79.8 Å². The molecule has 0 bridgehead atoms. The fourth-order valence-corrected chi connectivity index (χ4v) is 2.75. The van der Waals surface area contributed by atoms with Gasteiger partial charge < -0.3 is 25.2 Å². The van der Waals surface area contributed by atoms with Gasteiger partial charge in [-0.15, -0.1) is 0 Å². The van der Waals surface area contributed by atoms with Gasteiger partial charge in [0.2, 0.25) is 0 Å². The Kier molecular flexibility index (Phi) is 8.48. The van der Waals surface area contributed by atoms with Crippen LogP contribution in [0.15, 0.2) is 4.99 Å².